The van der Waals surface area contributed by atoms with E-state index in [4.69, 9.17) is 4.74 Å². The number of aromatic nitrogens is 2. The molecular weight excluding hydrogens is 216 g/mol. The van der Waals surface area contributed by atoms with E-state index >= 15 is 0 Å². The maximum absolute atomic E-state index is 13.6. The molecule has 84 valence electrons. The molecule has 0 bridgehead atoms. The van der Waals surface area contributed by atoms with Crippen molar-refractivity contribution in [1.82, 2.24) is 10.2 Å². The molecule has 3 nitrogen and oxygen atoms in total. The van der Waals surface area contributed by atoms with Crippen LogP contribution in [0.5, 0.6) is 0 Å². The van der Waals surface area contributed by atoms with Crippen LogP contribution in [-0.2, 0) is 10.9 Å². The first-order valence-electron chi connectivity index (χ1n) is 4.32. The predicted molar refractivity (Wildman–Crippen MR) is 41.7 cm³/mol. The average Bonchev–Trinajstić information content (AvgIpc) is 2.45. The molecule has 0 radical (unpaired) electrons. The van der Waals surface area contributed by atoms with E-state index in [1.165, 1.54) is 0 Å². The number of aromatic amines is 1. The molecule has 15 heavy (non-hydrogen) atoms. The van der Waals surface area contributed by atoms with Crippen LogP contribution in [0.3, 0.4) is 0 Å². The van der Waals surface area contributed by atoms with E-state index in [-0.39, 0.29) is 13.2 Å². The third kappa shape index (κ3) is 1.83. The van der Waals surface area contributed by atoms with E-state index < -0.39 is 29.5 Å². The molecule has 0 aromatic carbocycles. The van der Waals surface area contributed by atoms with Crippen LogP contribution >= 0.6 is 0 Å². The van der Waals surface area contributed by atoms with Crippen molar-refractivity contribution < 1.29 is 22.3 Å². The lowest BCUT2D eigenvalue weighted by molar-refractivity contribution is -0.140. The van der Waals surface area contributed by atoms with Gasteiger partial charge < -0.3 is 4.74 Å². The lowest BCUT2D eigenvalue weighted by Gasteiger charge is -2.28. The first kappa shape index (κ1) is 10.4. The zero-order valence-corrected chi connectivity index (χ0v) is 7.51. The van der Waals surface area contributed by atoms with Crippen LogP contribution in [0.15, 0.2) is 6.20 Å². The second kappa shape index (κ2) is 3.48. The van der Waals surface area contributed by atoms with E-state index in [0.717, 1.165) is 0 Å². The zero-order chi connectivity index (χ0) is 11.1. The number of alkyl halides is 4. The fourth-order valence-corrected chi connectivity index (χ4v) is 1.39. The van der Waals surface area contributed by atoms with Crippen LogP contribution in [0, 0.1) is 5.92 Å². The molecule has 1 aliphatic rings. The Morgan fingerprint density at radius 2 is 2.13 bits per heavy atom. The summed E-state index contributed by atoms with van der Waals surface area (Å²) in [5.74, 6) is -0.508. The van der Waals surface area contributed by atoms with Gasteiger partial charge in [0.05, 0.1) is 30.7 Å². The van der Waals surface area contributed by atoms with Gasteiger partial charge in [-0.3, -0.25) is 5.10 Å². The second-order valence-electron chi connectivity index (χ2n) is 3.39. The minimum atomic E-state index is -4.57. The summed E-state index contributed by atoms with van der Waals surface area (Å²) < 4.78 is 55.4. The Kier molecular flexibility index (Phi) is 2.41. The molecule has 1 aromatic heterocycles. The smallest absolute Gasteiger partial charge is 0.380 e. The minimum absolute atomic E-state index is 0.150. The van der Waals surface area contributed by atoms with Gasteiger partial charge in [-0.2, -0.15) is 18.3 Å². The van der Waals surface area contributed by atoms with Crippen molar-refractivity contribution >= 4 is 0 Å². The molecule has 1 N–H and O–H groups in total. The van der Waals surface area contributed by atoms with Crippen molar-refractivity contribution in [1.29, 1.82) is 0 Å². The van der Waals surface area contributed by atoms with Gasteiger partial charge in [-0.15, -0.1) is 0 Å². The van der Waals surface area contributed by atoms with Crippen LogP contribution in [0.4, 0.5) is 17.6 Å². The van der Waals surface area contributed by atoms with Crippen molar-refractivity contribution in [2.75, 3.05) is 13.2 Å². The fourth-order valence-electron chi connectivity index (χ4n) is 1.39. The molecule has 7 heteroatoms. The molecule has 1 aromatic rings. The van der Waals surface area contributed by atoms with Crippen molar-refractivity contribution in [2.24, 2.45) is 5.92 Å². The highest BCUT2D eigenvalue weighted by Gasteiger charge is 2.40. The molecule has 0 saturated carbocycles. The van der Waals surface area contributed by atoms with Gasteiger partial charge in [-0.25, -0.2) is 4.39 Å². The maximum Gasteiger partial charge on any atom is 0.419 e. The largest absolute Gasteiger partial charge is 0.419 e. The molecule has 1 fully saturated rings. The summed E-state index contributed by atoms with van der Waals surface area (Å²) in [6.45, 7) is 0.301. The molecular formula is C8H8F4N2O. The van der Waals surface area contributed by atoms with Crippen molar-refractivity contribution in [2.45, 2.75) is 12.3 Å². The Hall–Kier alpha value is -1.11. The Bertz CT molecular complexity index is 345. The highest BCUT2D eigenvalue weighted by molar-refractivity contribution is 5.23. The van der Waals surface area contributed by atoms with Gasteiger partial charge in [-0.05, 0) is 0 Å². The molecule has 1 atom stereocenters. The second-order valence-corrected chi connectivity index (χ2v) is 3.39. The lowest BCUT2D eigenvalue weighted by atomic mass is 9.97. The monoisotopic (exact) mass is 224 g/mol. The summed E-state index contributed by atoms with van der Waals surface area (Å²) in [6.07, 6.45) is -5.67. The Labute approximate surface area is 82.4 Å². The highest BCUT2D eigenvalue weighted by Crippen LogP contribution is 2.38. The van der Waals surface area contributed by atoms with E-state index in [1.807, 2.05) is 0 Å². The molecule has 0 unspecified atom stereocenters. The molecule has 1 aliphatic heterocycles. The predicted octanol–water partition coefficient (Wildman–Crippen LogP) is 2.09. The van der Waals surface area contributed by atoms with Gasteiger partial charge in [0.1, 0.15) is 6.17 Å². The van der Waals surface area contributed by atoms with Gasteiger partial charge in [-0.1, -0.05) is 0 Å². The first-order chi connectivity index (χ1) is 7.00. The topological polar surface area (TPSA) is 37.9 Å². The molecule has 0 amide bonds. The molecule has 2 heterocycles. The Morgan fingerprint density at radius 1 is 1.47 bits per heavy atom. The zero-order valence-electron chi connectivity index (χ0n) is 7.51. The average molecular weight is 224 g/mol. The summed E-state index contributed by atoms with van der Waals surface area (Å²) in [7, 11) is 0. The van der Waals surface area contributed by atoms with Crippen LogP contribution in [-0.4, -0.2) is 23.4 Å². The van der Waals surface area contributed by atoms with Gasteiger partial charge >= 0.3 is 6.18 Å². The number of ether oxygens (including phenoxy) is 1. The van der Waals surface area contributed by atoms with Crippen LogP contribution in [0.1, 0.15) is 17.4 Å². The van der Waals surface area contributed by atoms with Gasteiger partial charge in [0, 0.05) is 5.92 Å². The van der Waals surface area contributed by atoms with E-state index in [0.29, 0.717) is 6.20 Å². The standard InChI is InChI=1S/C8H8F4N2O/c9-6(4-2-15-3-4)7-5(1-13-14-7)8(10,11)12/h1,4,6H,2-3H2,(H,13,14)/t6-/m1/s1. The normalized spacial score (nSPS) is 20.0. The summed E-state index contributed by atoms with van der Waals surface area (Å²) >= 11 is 0. The quantitative estimate of drug-likeness (QED) is 0.781. The third-order valence-electron chi connectivity index (χ3n) is 2.33. The maximum atomic E-state index is 13.6. The fraction of sp³-hybridized carbons (Fsp3) is 0.625. The summed E-state index contributed by atoms with van der Waals surface area (Å²) in [4.78, 5) is 0. The van der Waals surface area contributed by atoms with Crippen molar-refractivity contribution in [3.8, 4) is 0 Å². The molecule has 0 aliphatic carbocycles. The van der Waals surface area contributed by atoms with Crippen LogP contribution < -0.4 is 0 Å². The van der Waals surface area contributed by atoms with E-state index in [9.17, 15) is 17.6 Å². The van der Waals surface area contributed by atoms with E-state index in [1.54, 1.807) is 0 Å². The summed E-state index contributed by atoms with van der Waals surface area (Å²) in [5.41, 5.74) is -1.54. The first-order valence-corrected chi connectivity index (χ1v) is 4.32. The SMILES string of the molecule is F[C@@H](c1[nH]ncc1C(F)(F)F)C1COC1. The number of rotatable bonds is 2. The van der Waals surface area contributed by atoms with Crippen molar-refractivity contribution in [3.63, 3.8) is 0 Å². The Morgan fingerprint density at radius 3 is 2.60 bits per heavy atom. The van der Waals surface area contributed by atoms with Crippen LogP contribution in [0.2, 0.25) is 0 Å². The van der Waals surface area contributed by atoms with Crippen molar-refractivity contribution in [3.05, 3.63) is 17.5 Å². The summed E-state index contributed by atoms with van der Waals surface area (Å²) in [5, 5.41) is 5.29. The van der Waals surface area contributed by atoms with E-state index in [2.05, 4.69) is 10.2 Å². The third-order valence-corrected chi connectivity index (χ3v) is 2.33. The molecule has 1 saturated heterocycles. The molecule has 2 rings (SSSR count). The number of hydrogen-bond donors (Lipinski definition) is 1. The Balaban J connectivity index is 2.23. The highest BCUT2D eigenvalue weighted by atomic mass is 19.4. The molecule has 0 spiro atoms. The van der Waals surface area contributed by atoms with Crippen LogP contribution in [0.25, 0.3) is 0 Å². The number of nitrogens with zero attached hydrogens (tertiary/aromatic N) is 1. The lowest BCUT2D eigenvalue weighted by Crippen LogP contribution is -2.32. The van der Waals surface area contributed by atoms with Gasteiger partial charge in [0.2, 0.25) is 0 Å². The van der Waals surface area contributed by atoms with Gasteiger partial charge in [0.15, 0.2) is 0 Å². The number of halogens is 4. The number of nitrogens with one attached hydrogen (secondary N) is 1. The number of H-pyrrole nitrogens is 1. The number of hydrogen-bond acceptors (Lipinski definition) is 2. The minimum Gasteiger partial charge on any atom is -0.380 e. The van der Waals surface area contributed by atoms with Gasteiger partial charge in [0.25, 0.3) is 0 Å². The summed E-state index contributed by atoms with van der Waals surface area (Å²) in [6, 6.07) is 0.